The van der Waals surface area contributed by atoms with E-state index in [0.717, 1.165) is 32.6 Å². The van der Waals surface area contributed by atoms with Crippen LogP contribution in [0.4, 0.5) is 11.4 Å². The van der Waals surface area contributed by atoms with Crippen LogP contribution in [0.2, 0.25) is 0 Å². The van der Waals surface area contributed by atoms with Gasteiger partial charge in [-0.15, -0.1) is 0 Å². The van der Waals surface area contributed by atoms with Gasteiger partial charge in [0.2, 0.25) is 0 Å². The number of hydrogen-bond acceptors (Lipinski definition) is 2. The molecule has 0 aliphatic rings. The molecular weight excluding hydrogens is 593 g/mol. The lowest BCUT2D eigenvalue weighted by atomic mass is 9.89. The van der Waals surface area contributed by atoms with Crippen LogP contribution in [0, 0.1) is 27.7 Å². The predicted molar refractivity (Wildman–Crippen MR) is 210 cm³/mol. The van der Waals surface area contributed by atoms with Gasteiger partial charge in [-0.05, 0) is 91.8 Å². The van der Waals surface area contributed by atoms with Crippen molar-refractivity contribution in [2.24, 2.45) is 0 Å². The standard InChI is InChI=1S/C47H50N2/c1-6-47(43-19-23-45(24-20-43)48(31-39-15-7-11-35(2)27-39)32-40-16-8-12-36(3)28-40)44-21-25-46(26-22-44)49(33-41-17-9-13-37(4)29-41)34-42-18-10-14-38(5)30-42/h7-30,47H,6,31-34H2,1-5H3. The molecule has 0 aliphatic heterocycles. The second kappa shape index (κ2) is 15.9. The molecule has 0 amide bonds. The molecule has 0 unspecified atom stereocenters. The van der Waals surface area contributed by atoms with Gasteiger partial charge < -0.3 is 9.80 Å². The molecule has 0 atom stereocenters. The van der Waals surface area contributed by atoms with Gasteiger partial charge in [0.25, 0.3) is 0 Å². The average Bonchev–Trinajstić information content (AvgIpc) is 3.09. The fraction of sp³-hybridized carbons (Fsp3) is 0.234. The van der Waals surface area contributed by atoms with E-state index in [0.29, 0.717) is 5.92 Å². The topological polar surface area (TPSA) is 6.48 Å². The Morgan fingerprint density at radius 2 is 0.673 bits per heavy atom. The highest BCUT2D eigenvalue weighted by Gasteiger charge is 2.16. The molecule has 2 nitrogen and oxygen atoms in total. The van der Waals surface area contributed by atoms with E-state index >= 15 is 0 Å². The van der Waals surface area contributed by atoms with Crippen molar-refractivity contribution in [3.05, 3.63) is 201 Å². The summed E-state index contributed by atoms with van der Waals surface area (Å²) in [5.74, 6) is 0.340. The van der Waals surface area contributed by atoms with E-state index < -0.39 is 0 Å². The highest BCUT2D eigenvalue weighted by atomic mass is 15.1. The van der Waals surface area contributed by atoms with E-state index in [2.05, 4.69) is 190 Å². The zero-order chi connectivity index (χ0) is 34.2. The number of aryl methyl sites for hydroxylation is 4. The maximum Gasteiger partial charge on any atom is 0.0433 e. The van der Waals surface area contributed by atoms with Gasteiger partial charge >= 0.3 is 0 Å². The van der Waals surface area contributed by atoms with Crippen molar-refractivity contribution in [1.82, 2.24) is 0 Å². The summed E-state index contributed by atoms with van der Waals surface area (Å²) in [5.41, 5.74) is 15.8. The van der Waals surface area contributed by atoms with Crippen LogP contribution in [0.5, 0.6) is 0 Å². The van der Waals surface area contributed by atoms with E-state index in [1.54, 1.807) is 0 Å². The molecule has 0 heterocycles. The van der Waals surface area contributed by atoms with E-state index in [1.807, 2.05) is 0 Å². The van der Waals surface area contributed by atoms with E-state index in [9.17, 15) is 0 Å². The summed E-state index contributed by atoms with van der Waals surface area (Å²) in [6.45, 7) is 14.5. The van der Waals surface area contributed by atoms with Crippen LogP contribution in [0.15, 0.2) is 146 Å². The SMILES string of the molecule is CCC(c1ccc(N(Cc2cccc(C)c2)Cc2cccc(C)c2)cc1)c1ccc(N(Cc2cccc(C)c2)Cc2cccc(C)c2)cc1. The van der Waals surface area contributed by atoms with Crippen molar-refractivity contribution in [2.45, 2.75) is 73.1 Å². The molecule has 0 spiro atoms. The molecule has 0 saturated heterocycles. The van der Waals surface area contributed by atoms with Crippen LogP contribution in [0.1, 0.15) is 74.9 Å². The molecule has 0 radical (unpaired) electrons. The molecule has 248 valence electrons. The highest BCUT2D eigenvalue weighted by molar-refractivity contribution is 5.53. The minimum atomic E-state index is 0.340. The second-order valence-corrected chi connectivity index (χ2v) is 13.8. The lowest BCUT2D eigenvalue weighted by Crippen LogP contribution is -2.22. The predicted octanol–water partition coefficient (Wildman–Crippen LogP) is 11.9. The largest absolute Gasteiger partial charge is 0.363 e. The zero-order valence-electron chi connectivity index (χ0n) is 29.9. The molecule has 6 aromatic carbocycles. The smallest absolute Gasteiger partial charge is 0.0433 e. The van der Waals surface area contributed by atoms with Gasteiger partial charge in [0.1, 0.15) is 0 Å². The van der Waals surface area contributed by atoms with Crippen LogP contribution in [0.3, 0.4) is 0 Å². The number of benzene rings is 6. The number of nitrogens with zero attached hydrogens (tertiary/aromatic N) is 2. The van der Waals surface area contributed by atoms with Gasteiger partial charge in [0.15, 0.2) is 0 Å². The first-order valence-electron chi connectivity index (χ1n) is 17.7. The summed E-state index contributed by atoms with van der Waals surface area (Å²) >= 11 is 0. The Morgan fingerprint density at radius 3 is 0.918 bits per heavy atom. The second-order valence-electron chi connectivity index (χ2n) is 13.8. The monoisotopic (exact) mass is 642 g/mol. The fourth-order valence-electron chi connectivity index (χ4n) is 7.10. The Kier molecular flexibility index (Phi) is 11.0. The van der Waals surface area contributed by atoms with Crippen LogP contribution >= 0.6 is 0 Å². The van der Waals surface area contributed by atoms with Gasteiger partial charge in [0, 0.05) is 43.5 Å². The minimum absolute atomic E-state index is 0.340. The van der Waals surface area contributed by atoms with Crippen molar-refractivity contribution in [3.63, 3.8) is 0 Å². The molecule has 6 rings (SSSR count). The summed E-state index contributed by atoms with van der Waals surface area (Å²) in [6, 6.07) is 54.2. The summed E-state index contributed by atoms with van der Waals surface area (Å²) in [6.07, 6.45) is 1.05. The Morgan fingerprint density at radius 1 is 0.388 bits per heavy atom. The van der Waals surface area contributed by atoms with Crippen molar-refractivity contribution in [3.8, 4) is 0 Å². The first kappa shape index (κ1) is 33.8. The van der Waals surface area contributed by atoms with E-state index in [4.69, 9.17) is 0 Å². The number of hydrogen-bond donors (Lipinski definition) is 0. The molecule has 6 aromatic rings. The third-order valence-electron chi connectivity index (χ3n) is 9.55. The number of anilines is 2. The molecule has 2 heteroatoms. The lowest BCUT2D eigenvalue weighted by Gasteiger charge is -2.27. The maximum atomic E-state index is 2.50. The third-order valence-corrected chi connectivity index (χ3v) is 9.55. The third kappa shape index (κ3) is 9.09. The van der Waals surface area contributed by atoms with Crippen LogP contribution in [-0.2, 0) is 26.2 Å². The fourth-order valence-corrected chi connectivity index (χ4v) is 7.10. The number of rotatable bonds is 13. The van der Waals surface area contributed by atoms with Crippen molar-refractivity contribution >= 4 is 11.4 Å². The van der Waals surface area contributed by atoms with Crippen LogP contribution in [0.25, 0.3) is 0 Å². The molecule has 0 aromatic heterocycles. The van der Waals surface area contributed by atoms with Crippen LogP contribution in [-0.4, -0.2) is 0 Å². The minimum Gasteiger partial charge on any atom is -0.363 e. The lowest BCUT2D eigenvalue weighted by molar-refractivity contribution is 0.769. The van der Waals surface area contributed by atoms with Crippen molar-refractivity contribution < 1.29 is 0 Å². The van der Waals surface area contributed by atoms with E-state index in [1.165, 1.54) is 67.0 Å². The van der Waals surface area contributed by atoms with Gasteiger partial charge in [-0.2, -0.15) is 0 Å². The molecular formula is C47H50N2. The van der Waals surface area contributed by atoms with Gasteiger partial charge in [-0.25, -0.2) is 0 Å². The Hall–Kier alpha value is -5.08. The summed E-state index contributed by atoms with van der Waals surface area (Å²) in [7, 11) is 0. The first-order chi connectivity index (χ1) is 23.8. The summed E-state index contributed by atoms with van der Waals surface area (Å²) in [4.78, 5) is 5.00. The zero-order valence-corrected chi connectivity index (χ0v) is 29.9. The Bertz CT molecular complexity index is 1720. The summed E-state index contributed by atoms with van der Waals surface area (Å²) < 4.78 is 0. The van der Waals surface area contributed by atoms with Crippen LogP contribution < -0.4 is 9.80 Å². The van der Waals surface area contributed by atoms with Gasteiger partial charge in [0.05, 0.1) is 0 Å². The molecule has 0 aliphatic carbocycles. The Balaban J connectivity index is 1.23. The maximum absolute atomic E-state index is 2.50. The highest BCUT2D eigenvalue weighted by Crippen LogP contribution is 2.32. The normalized spacial score (nSPS) is 11.1. The van der Waals surface area contributed by atoms with Gasteiger partial charge in [-0.3, -0.25) is 0 Å². The van der Waals surface area contributed by atoms with Crippen molar-refractivity contribution in [2.75, 3.05) is 9.80 Å². The quantitative estimate of drug-likeness (QED) is 0.124. The molecule has 0 fully saturated rings. The van der Waals surface area contributed by atoms with E-state index in [-0.39, 0.29) is 0 Å². The van der Waals surface area contributed by atoms with Crippen molar-refractivity contribution in [1.29, 1.82) is 0 Å². The van der Waals surface area contributed by atoms with Gasteiger partial charge in [-0.1, -0.05) is 151 Å². The Labute approximate surface area is 294 Å². The average molecular weight is 643 g/mol. The summed E-state index contributed by atoms with van der Waals surface area (Å²) in [5, 5.41) is 0. The first-order valence-corrected chi connectivity index (χ1v) is 17.7. The molecule has 0 saturated carbocycles. The molecule has 49 heavy (non-hydrogen) atoms. The molecule has 0 N–H and O–H groups in total. The molecule has 0 bridgehead atoms.